The third-order valence-electron chi connectivity index (χ3n) is 5.18. The molecule has 6 heteroatoms. The molecule has 3 aromatic rings. The van der Waals surface area contributed by atoms with E-state index in [1.807, 2.05) is 46.0 Å². The second-order valence-electron chi connectivity index (χ2n) is 6.91. The molecule has 0 radical (unpaired) electrons. The van der Waals surface area contributed by atoms with Crippen molar-refractivity contribution >= 4 is 11.6 Å². The smallest absolute Gasteiger partial charge is 0.255 e. The number of carbonyl (C=O) groups is 1. The van der Waals surface area contributed by atoms with Gasteiger partial charge in [-0.05, 0) is 48.6 Å². The van der Waals surface area contributed by atoms with E-state index < -0.39 is 0 Å². The van der Waals surface area contributed by atoms with Crippen LogP contribution in [0.4, 0.5) is 0 Å². The van der Waals surface area contributed by atoms with Crippen LogP contribution in [0.5, 0.6) is 11.5 Å². The van der Waals surface area contributed by atoms with Crippen molar-refractivity contribution in [3.63, 3.8) is 0 Å². The van der Waals surface area contributed by atoms with E-state index in [2.05, 4.69) is 11.1 Å². The van der Waals surface area contributed by atoms with Gasteiger partial charge in [-0.25, -0.2) is 4.98 Å². The monoisotopic (exact) mass is 365 g/mol. The van der Waals surface area contributed by atoms with E-state index >= 15 is 0 Å². The predicted molar refractivity (Wildman–Crippen MR) is 102 cm³/mol. The maximum absolute atomic E-state index is 12.9. The Balaban J connectivity index is 1.43. The second kappa shape index (κ2) is 7.31. The molecule has 140 valence electrons. The molecule has 6 nitrogen and oxygen atoms in total. The number of likely N-dealkylation sites (tertiary alicyclic amines) is 1. The van der Waals surface area contributed by atoms with Crippen molar-refractivity contribution in [1.82, 2.24) is 14.3 Å². The lowest BCUT2D eigenvalue weighted by atomic mass is 9.98. The van der Waals surface area contributed by atoms with Crippen LogP contribution in [0.1, 0.15) is 22.3 Å². The number of amides is 1. The van der Waals surface area contributed by atoms with E-state index in [1.165, 1.54) is 5.56 Å². The average molecular weight is 365 g/mol. The fourth-order valence-corrected chi connectivity index (χ4v) is 3.75. The van der Waals surface area contributed by atoms with Gasteiger partial charge in [-0.15, -0.1) is 0 Å². The van der Waals surface area contributed by atoms with E-state index in [0.717, 1.165) is 43.1 Å². The number of hydrogen-bond acceptors (Lipinski definition) is 4. The minimum Gasteiger partial charge on any atom is -0.493 e. The number of methoxy groups -OCH3 is 2. The minimum atomic E-state index is 0.0837. The molecule has 0 spiro atoms. The van der Waals surface area contributed by atoms with E-state index in [-0.39, 0.29) is 5.91 Å². The summed E-state index contributed by atoms with van der Waals surface area (Å²) in [6.45, 7) is 1.56. The van der Waals surface area contributed by atoms with E-state index in [0.29, 0.717) is 11.5 Å². The highest BCUT2D eigenvalue weighted by molar-refractivity contribution is 5.94. The highest BCUT2D eigenvalue weighted by atomic mass is 16.5. The first-order valence-corrected chi connectivity index (χ1v) is 9.11. The van der Waals surface area contributed by atoms with Gasteiger partial charge in [0.2, 0.25) is 0 Å². The van der Waals surface area contributed by atoms with Gasteiger partial charge < -0.3 is 18.8 Å². The molecule has 1 unspecified atom stereocenters. The molecule has 1 aliphatic rings. The van der Waals surface area contributed by atoms with Crippen LogP contribution in [0, 0.1) is 5.92 Å². The summed E-state index contributed by atoms with van der Waals surface area (Å²) in [6.07, 6.45) is 7.37. The zero-order valence-corrected chi connectivity index (χ0v) is 15.6. The molecule has 0 bridgehead atoms. The molecule has 3 heterocycles. The van der Waals surface area contributed by atoms with Gasteiger partial charge in [-0.3, -0.25) is 4.79 Å². The first-order chi connectivity index (χ1) is 13.2. The molecule has 1 aromatic carbocycles. The third kappa shape index (κ3) is 3.47. The van der Waals surface area contributed by atoms with Crippen molar-refractivity contribution < 1.29 is 14.3 Å². The van der Waals surface area contributed by atoms with Gasteiger partial charge >= 0.3 is 0 Å². The molecular weight excluding hydrogens is 342 g/mol. The van der Waals surface area contributed by atoms with Gasteiger partial charge in [0.1, 0.15) is 5.65 Å². The molecule has 2 aromatic heterocycles. The number of hydrogen-bond donors (Lipinski definition) is 0. The number of fused-ring (bicyclic) bond motifs is 1. The van der Waals surface area contributed by atoms with Gasteiger partial charge in [0.05, 0.1) is 19.8 Å². The Kier molecular flexibility index (Phi) is 4.71. The van der Waals surface area contributed by atoms with Crippen LogP contribution in [-0.2, 0) is 6.42 Å². The van der Waals surface area contributed by atoms with Gasteiger partial charge in [0, 0.05) is 31.7 Å². The first-order valence-electron chi connectivity index (χ1n) is 9.11. The van der Waals surface area contributed by atoms with Gasteiger partial charge in [-0.1, -0.05) is 6.07 Å². The zero-order valence-electron chi connectivity index (χ0n) is 15.6. The van der Waals surface area contributed by atoms with Crippen molar-refractivity contribution in [3.05, 3.63) is 60.0 Å². The van der Waals surface area contributed by atoms with E-state index in [9.17, 15) is 4.79 Å². The van der Waals surface area contributed by atoms with E-state index in [1.54, 1.807) is 20.4 Å². The van der Waals surface area contributed by atoms with Crippen molar-refractivity contribution in [2.24, 2.45) is 5.92 Å². The fourth-order valence-electron chi connectivity index (χ4n) is 3.75. The average Bonchev–Trinajstić information content (AvgIpc) is 3.36. The van der Waals surface area contributed by atoms with Crippen LogP contribution in [0.15, 0.2) is 48.9 Å². The Bertz CT molecular complexity index is 966. The Hall–Kier alpha value is -3.02. The maximum Gasteiger partial charge on any atom is 0.255 e. The van der Waals surface area contributed by atoms with Gasteiger partial charge in [0.25, 0.3) is 5.91 Å². The number of benzene rings is 1. The van der Waals surface area contributed by atoms with Gasteiger partial charge in [-0.2, -0.15) is 0 Å². The van der Waals surface area contributed by atoms with Crippen molar-refractivity contribution in [3.8, 4) is 11.5 Å². The lowest BCUT2D eigenvalue weighted by Gasteiger charge is -2.17. The third-order valence-corrected chi connectivity index (χ3v) is 5.18. The Morgan fingerprint density at radius 3 is 2.85 bits per heavy atom. The van der Waals surface area contributed by atoms with Crippen LogP contribution in [-0.4, -0.2) is 47.5 Å². The summed E-state index contributed by atoms with van der Waals surface area (Å²) in [5, 5.41) is 0. The molecule has 4 rings (SSSR count). The van der Waals surface area contributed by atoms with Crippen molar-refractivity contribution in [2.45, 2.75) is 12.8 Å². The largest absolute Gasteiger partial charge is 0.493 e. The summed E-state index contributed by atoms with van der Waals surface area (Å²) in [4.78, 5) is 19.0. The normalized spacial score (nSPS) is 16.7. The molecule has 0 aliphatic carbocycles. The second-order valence-corrected chi connectivity index (χ2v) is 6.91. The number of rotatable bonds is 5. The van der Waals surface area contributed by atoms with Crippen LogP contribution in [0.2, 0.25) is 0 Å². The molecule has 1 saturated heterocycles. The molecule has 1 amide bonds. The molecular formula is C21H23N3O3. The van der Waals surface area contributed by atoms with Crippen molar-refractivity contribution in [1.29, 1.82) is 0 Å². The number of ether oxygens (including phenoxy) is 2. The first kappa shape index (κ1) is 17.4. The van der Waals surface area contributed by atoms with Crippen LogP contribution < -0.4 is 9.47 Å². The quantitative estimate of drug-likeness (QED) is 0.697. The summed E-state index contributed by atoms with van der Waals surface area (Å²) in [6, 6.07) is 9.76. The molecule has 27 heavy (non-hydrogen) atoms. The molecule has 0 saturated carbocycles. The zero-order chi connectivity index (χ0) is 18.8. The number of nitrogens with zero attached hydrogens (tertiary/aromatic N) is 3. The molecule has 1 fully saturated rings. The number of imidazole rings is 1. The van der Waals surface area contributed by atoms with E-state index in [4.69, 9.17) is 9.47 Å². The summed E-state index contributed by atoms with van der Waals surface area (Å²) in [5.74, 6) is 2.01. The highest BCUT2D eigenvalue weighted by Crippen LogP contribution is 2.30. The highest BCUT2D eigenvalue weighted by Gasteiger charge is 2.27. The Labute approximate surface area is 158 Å². The lowest BCUT2D eigenvalue weighted by Crippen LogP contribution is -2.29. The molecule has 1 aliphatic heterocycles. The summed E-state index contributed by atoms with van der Waals surface area (Å²) in [7, 11) is 3.29. The van der Waals surface area contributed by atoms with Crippen LogP contribution >= 0.6 is 0 Å². The van der Waals surface area contributed by atoms with Crippen LogP contribution in [0.3, 0.4) is 0 Å². The number of pyridine rings is 1. The topological polar surface area (TPSA) is 56.1 Å². The van der Waals surface area contributed by atoms with Crippen LogP contribution in [0.25, 0.3) is 5.65 Å². The Morgan fingerprint density at radius 2 is 2.04 bits per heavy atom. The number of carbonyl (C=O) groups excluding carboxylic acids is 1. The minimum absolute atomic E-state index is 0.0837. The fraction of sp³-hybridized carbons (Fsp3) is 0.333. The number of aromatic nitrogens is 2. The summed E-state index contributed by atoms with van der Waals surface area (Å²) < 4.78 is 12.6. The SMILES string of the molecule is COc1ccc(CC2CCN(C(=O)c3ccc4nccn4c3)C2)cc1OC. The molecule has 1 atom stereocenters. The van der Waals surface area contributed by atoms with Gasteiger partial charge in [0.15, 0.2) is 11.5 Å². The maximum atomic E-state index is 12.9. The molecule has 0 N–H and O–H groups in total. The predicted octanol–water partition coefficient (Wildman–Crippen LogP) is 3.06. The summed E-state index contributed by atoms with van der Waals surface area (Å²) in [5.41, 5.74) is 2.75. The van der Waals surface area contributed by atoms with Crippen molar-refractivity contribution in [2.75, 3.05) is 27.3 Å². The Morgan fingerprint density at radius 1 is 1.19 bits per heavy atom. The standard InChI is InChI=1S/C21H23N3O3/c1-26-18-5-3-15(12-19(18)27-2)11-16-7-9-24(13-16)21(25)17-4-6-20-22-8-10-23(20)14-17/h3-6,8,10,12,14,16H,7,9,11,13H2,1-2H3. The lowest BCUT2D eigenvalue weighted by molar-refractivity contribution is 0.0786. The summed E-state index contributed by atoms with van der Waals surface area (Å²) >= 11 is 0.